The molecule has 9 heteroatoms. The highest BCUT2D eigenvalue weighted by molar-refractivity contribution is 5.99. The van der Waals surface area contributed by atoms with E-state index in [9.17, 15) is 14.7 Å². The van der Waals surface area contributed by atoms with Gasteiger partial charge in [0.1, 0.15) is 11.3 Å². The van der Waals surface area contributed by atoms with Crippen LogP contribution < -0.4 is 21.4 Å². The maximum absolute atomic E-state index is 15.7. The van der Waals surface area contributed by atoms with E-state index in [0.717, 1.165) is 25.5 Å². The van der Waals surface area contributed by atoms with Crippen molar-refractivity contribution in [1.82, 2.24) is 9.88 Å². The molecule has 1 saturated heterocycles. The Morgan fingerprint density at radius 1 is 1.31 bits per heavy atom. The second kappa shape index (κ2) is 6.98. The van der Waals surface area contributed by atoms with Gasteiger partial charge in [-0.1, -0.05) is 0 Å². The van der Waals surface area contributed by atoms with Crippen LogP contribution in [-0.4, -0.2) is 41.8 Å². The average molecular weight is 406 g/mol. The number of rotatable bonds is 5. The van der Waals surface area contributed by atoms with Crippen molar-refractivity contribution < 1.29 is 18.7 Å². The van der Waals surface area contributed by atoms with Gasteiger partial charge in [-0.2, -0.15) is 0 Å². The van der Waals surface area contributed by atoms with Crippen LogP contribution in [0.1, 0.15) is 42.6 Å². The fraction of sp³-hybridized carbons (Fsp3) is 0.500. The van der Waals surface area contributed by atoms with Crippen molar-refractivity contribution in [2.45, 2.75) is 38.3 Å². The molecule has 0 unspecified atom stereocenters. The first-order valence-electron chi connectivity index (χ1n) is 9.77. The Bertz CT molecular complexity index is 1060. The molecule has 1 saturated carbocycles. The largest absolute Gasteiger partial charge is 0.477 e. The van der Waals surface area contributed by atoms with Crippen molar-refractivity contribution in [3.8, 4) is 0 Å². The fourth-order valence-corrected chi connectivity index (χ4v) is 4.26. The highest BCUT2D eigenvalue weighted by Crippen LogP contribution is 2.42. The number of nitrogens with one attached hydrogen (secondary N) is 1. The first-order chi connectivity index (χ1) is 13.8. The zero-order chi connectivity index (χ0) is 21.0. The number of nitrogen functional groups attached to an aromatic ring is 1. The molecule has 2 heterocycles. The number of carbonyl (C=O) groups is 1. The SMILES string of the molecule is CN[C@H](C)[C@H]1CCN(c2c(F)c(N)c3c(=O)c(C(=O)O)cn(C4CC4)c3c2F)C1. The standard InChI is InChI=1S/C20H24F2N4O3/c1-9(24-2)10-5-6-25(7-10)18-14(21)16(23)13-17(15(18)22)26(11-3-4-11)8-12(19(13)27)20(28)29/h8-11,24H,3-7,23H2,1-2H3,(H,28,29)/t9-,10+/m1/s1. The van der Waals surface area contributed by atoms with E-state index in [4.69, 9.17) is 5.73 Å². The summed E-state index contributed by atoms with van der Waals surface area (Å²) in [6.45, 7) is 2.95. The number of aromatic carboxylic acids is 1. The Morgan fingerprint density at radius 3 is 2.59 bits per heavy atom. The van der Waals surface area contributed by atoms with Crippen LogP contribution in [0.2, 0.25) is 0 Å². The molecule has 1 aliphatic heterocycles. The van der Waals surface area contributed by atoms with Crippen molar-refractivity contribution in [2.24, 2.45) is 5.92 Å². The van der Waals surface area contributed by atoms with E-state index in [2.05, 4.69) is 5.32 Å². The second-order valence-corrected chi connectivity index (χ2v) is 8.00. The molecule has 2 fully saturated rings. The van der Waals surface area contributed by atoms with Crippen LogP contribution in [0.3, 0.4) is 0 Å². The molecular weight excluding hydrogens is 382 g/mol. The number of anilines is 2. The van der Waals surface area contributed by atoms with Gasteiger partial charge in [-0.25, -0.2) is 13.6 Å². The van der Waals surface area contributed by atoms with Crippen LogP contribution in [0.5, 0.6) is 0 Å². The molecule has 2 aliphatic rings. The molecule has 1 aromatic heterocycles. The molecule has 1 aromatic carbocycles. The summed E-state index contributed by atoms with van der Waals surface area (Å²) in [6, 6.07) is 0.0609. The predicted molar refractivity (Wildman–Crippen MR) is 107 cm³/mol. The first kappa shape index (κ1) is 19.6. The third-order valence-corrected chi connectivity index (χ3v) is 6.24. The molecule has 0 bridgehead atoms. The molecule has 2 aromatic rings. The van der Waals surface area contributed by atoms with Crippen molar-refractivity contribution in [3.63, 3.8) is 0 Å². The van der Waals surface area contributed by atoms with E-state index >= 15 is 8.78 Å². The minimum Gasteiger partial charge on any atom is -0.477 e. The monoisotopic (exact) mass is 406 g/mol. The Balaban J connectivity index is 1.95. The molecule has 156 valence electrons. The topological polar surface area (TPSA) is 101 Å². The summed E-state index contributed by atoms with van der Waals surface area (Å²) in [5.41, 5.74) is 3.61. The van der Waals surface area contributed by atoms with Crippen molar-refractivity contribution in [3.05, 3.63) is 33.6 Å². The van der Waals surface area contributed by atoms with E-state index in [1.807, 2.05) is 14.0 Å². The van der Waals surface area contributed by atoms with Crippen LogP contribution in [0.4, 0.5) is 20.2 Å². The maximum atomic E-state index is 15.7. The van der Waals surface area contributed by atoms with Gasteiger partial charge in [0.15, 0.2) is 11.6 Å². The van der Waals surface area contributed by atoms with Crippen LogP contribution in [0.15, 0.2) is 11.0 Å². The van der Waals surface area contributed by atoms with Crippen LogP contribution in [0.25, 0.3) is 10.9 Å². The lowest BCUT2D eigenvalue weighted by Crippen LogP contribution is -2.33. The average Bonchev–Trinajstić information content (AvgIpc) is 3.42. The van der Waals surface area contributed by atoms with Gasteiger partial charge in [0.25, 0.3) is 0 Å². The van der Waals surface area contributed by atoms with Gasteiger partial charge in [-0.05, 0) is 39.2 Å². The second-order valence-electron chi connectivity index (χ2n) is 8.00. The van der Waals surface area contributed by atoms with E-state index in [1.54, 1.807) is 4.90 Å². The molecule has 0 radical (unpaired) electrons. The summed E-state index contributed by atoms with van der Waals surface area (Å²) in [4.78, 5) is 25.8. The lowest BCUT2D eigenvalue weighted by Gasteiger charge is -2.25. The number of carboxylic acid groups (broad SMARTS) is 1. The number of hydrogen-bond donors (Lipinski definition) is 3. The number of aromatic nitrogens is 1. The molecule has 4 N–H and O–H groups in total. The maximum Gasteiger partial charge on any atom is 0.341 e. The lowest BCUT2D eigenvalue weighted by molar-refractivity contribution is 0.0695. The zero-order valence-corrected chi connectivity index (χ0v) is 16.3. The number of benzene rings is 1. The summed E-state index contributed by atoms with van der Waals surface area (Å²) < 4.78 is 32.3. The number of nitrogens with zero attached hydrogens (tertiary/aromatic N) is 2. The highest BCUT2D eigenvalue weighted by atomic mass is 19.1. The number of hydrogen-bond acceptors (Lipinski definition) is 5. The van der Waals surface area contributed by atoms with Crippen molar-refractivity contribution >= 4 is 28.2 Å². The Labute approximate surface area is 166 Å². The van der Waals surface area contributed by atoms with Gasteiger partial charge < -0.3 is 25.6 Å². The van der Waals surface area contributed by atoms with Crippen molar-refractivity contribution in [1.29, 1.82) is 0 Å². The third kappa shape index (κ3) is 3.04. The number of fused-ring (bicyclic) bond motifs is 1. The van der Waals surface area contributed by atoms with Gasteiger partial charge in [0.05, 0.1) is 16.6 Å². The van der Waals surface area contributed by atoms with Gasteiger partial charge in [-0.15, -0.1) is 0 Å². The minimum absolute atomic E-state index is 0.110. The molecular formula is C20H24F2N4O3. The summed E-state index contributed by atoms with van der Waals surface area (Å²) in [5.74, 6) is -3.09. The fourth-order valence-electron chi connectivity index (χ4n) is 4.26. The number of halogens is 2. The Morgan fingerprint density at radius 2 is 2.00 bits per heavy atom. The van der Waals surface area contributed by atoms with Gasteiger partial charge in [0.2, 0.25) is 5.43 Å². The molecule has 0 amide bonds. The van der Waals surface area contributed by atoms with Crippen molar-refractivity contribution in [2.75, 3.05) is 30.8 Å². The Kier molecular flexibility index (Phi) is 4.72. The Hall–Kier alpha value is -2.68. The third-order valence-electron chi connectivity index (χ3n) is 6.24. The molecule has 4 rings (SSSR count). The molecule has 2 atom stereocenters. The summed E-state index contributed by atoms with van der Waals surface area (Å²) in [6.07, 6.45) is 3.39. The lowest BCUT2D eigenvalue weighted by atomic mass is 10.0. The zero-order valence-electron chi connectivity index (χ0n) is 16.3. The molecule has 7 nitrogen and oxygen atoms in total. The van der Waals surface area contributed by atoms with E-state index in [1.165, 1.54) is 4.57 Å². The van der Waals surface area contributed by atoms with E-state index < -0.39 is 39.7 Å². The van der Waals surface area contributed by atoms with Crippen LogP contribution in [0, 0.1) is 17.6 Å². The summed E-state index contributed by atoms with van der Waals surface area (Å²) in [7, 11) is 1.84. The van der Waals surface area contributed by atoms with Gasteiger partial charge in [0, 0.05) is 31.4 Å². The quantitative estimate of drug-likeness (QED) is 0.659. The van der Waals surface area contributed by atoms with E-state index in [-0.39, 0.29) is 29.2 Å². The number of nitrogens with two attached hydrogens (primary N) is 1. The predicted octanol–water partition coefficient (Wildman–Crippen LogP) is 2.33. The smallest absolute Gasteiger partial charge is 0.341 e. The normalized spacial score (nSPS) is 20.4. The summed E-state index contributed by atoms with van der Waals surface area (Å²) >= 11 is 0. The number of pyridine rings is 1. The van der Waals surface area contributed by atoms with Crippen LogP contribution in [-0.2, 0) is 0 Å². The van der Waals surface area contributed by atoms with Gasteiger partial charge >= 0.3 is 5.97 Å². The van der Waals surface area contributed by atoms with Crippen LogP contribution >= 0.6 is 0 Å². The van der Waals surface area contributed by atoms with E-state index in [0.29, 0.717) is 13.1 Å². The molecule has 1 aliphatic carbocycles. The summed E-state index contributed by atoms with van der Waals surface area (Å²) in [5, 5.41) is 12.1. The molecule has 0 spiro atoms. The molecule has 29 heavy (non-hydrogen) atoms. The highest BCUT2D eigenvalue weighted by Gasteiger charge is 2.35. The minimum atomic E-state index is -1.45. The number of carboxylic acids is 1. The van der Waals surface area contributed by atoms with Gasteiger partial charge in [-0.3, -0.25) is 4.79 Å². The first-order valence-corrected chi connectivity index (χ1v) is 9.77.